The Morgan fingerprint density at radius 2 is 2.00 bits per heavy atom. The molecule has 0 saturated heterocycles. The number of anilines is 1. The SMILES string of the molecule is CSc1ccc(NC(=O)N(C)Cc2ccccn2)cc1. The van der Waals surface area contributed by atoms with E-state index in [1.165, 1.54) is 4.90 Å². The van der Waals surface area contributed by atoms with Crippen LogP contribution in [0.4, 0.5) is 10.5 Å². The molecule has 2 amide bonds. The number of benzene rings is 1. The molecule has 0 aliphatic rings. The van der Waals surface area contributed by atoms with Crippen molar-refractivity contribution in [1.29, 1.82) is 0 Å². The molecule has 0 aliphatic carbocycles. The number of rotatable bonds is 4. The van der Waals surface area contributed by atoms with Crippen LogP contribution in [0.25, 0.3) is 0 Å². The van der Waals surface area contributed by atoms with Crippen LogP contribution in [-0.2, 0) is 6.54 Å². The first-order valence-corrected chi connectivity index (χ1v) is 7.47. The summed E-state index contributed by atoms with van der Waals surface area (Å²) < 4.78 is 0. The maximum Gasteiger partial charge on any atom is 0.321 e. The van der Waals surface area contributed by atoms with Gasteiger partial charge in [-0.25, -0.2) is 4.79 Å². The van der Waals surface area contributed by atoms with Gasteiger partial charge in [-0.05, 0) is 42.7 Å². The van der Waals surface area contributed by atoms with Gasteiger partial charge in [0.25, 0.3) is 0 Å². The second kappa shape index (κ2) is 6.96. The Balaban J connectivity index is 1.93. The number of carbonyl (C=O) groups is 1. The van der Waals surface area contributed by atoms with Crippen molar-refractivity contribution in [2.75, 3.05) is 18.6 Å². The van der Waals surface area contributed by atoms with Gasteiger partial charge >= 0.3 is 6.03 Å². The minimum Gasteiger partial charge on any atom is -0.322 e. The highest BCUT2D eigenvalue weighted by molar-refractivity contribution is 7.98. The largest absolute Gasteiger partial charge is 0.322 e. The fourth-order valence-electron chi connectivity index (χ4n) is 1.70. The van der Waals surface area contributed by atoms with E-state index in [1.807, 2.05) is 48.7 Å². The van der Waals surface area contributed by atoms with Gasteiger partial charge in [-0.3, -0.25) is 4.98 Å². The molecule has 0 fully saturated rings. The van der Waals surface area contributed by atoms with Crippen LogP contribution in [0.1, 0.15) is 5.69 Å². The lowest BCUT2D eigenvalue weighted by Crippen LogP contribution is -2.31. The lowest BCUT2D eigenvalue weighted by molar-refractivity contribution is 0.220. The molecule has 1 N–H and O–H groups in total. The van der Waals surface area contributed by atoms with E-state index in [4.69, 9.17) is 0 Å². The zero-order valence-corrected chi connectivity index (χ0v) is 12.4. The maximum atomic E-state index is 12.1. The van der Waals surface area contributed by atoms with Crippen LogP contribution in [0.15, 0.2) is 53.6 Å². The van der Waals surface area contributed by atoms with Crippen molar-refractivity contribution in [1.82, 2.24) is 9.88 Å². The second-order valence-electron chi connectivity index (χ2n) is 4.34. The van der Waals surface area contributed by atoms with Crippen molar-refractivity contribution in [3.63, 3.8) is 0 Å². The first kappa shape index (κ1) is 14.4. The summed E-state index contributed by atoms with van der Waals surface area (Å²) in [4.78, 5) is 19.0. The third kappa shape index (κ3) is 3.99. The number of aromatic nitrogens is 1. The monoisotopic (exact) mass is 287 g/mol. The van der Waals surface area contributed by atoms with Gasteiger partial charge in [0, 0.05) is 23.8 Å². The zero-order valence-electron chi connectivity index (χ0n) is 11.5. The summed E-state index contributed by atoms with van der Waals surface area (Å²) in [5.74, 6) is 0. The minimum absolute atomic E-state index is 0.146. The molecule has 1 aromatic carbocycles. The maximum absolute atomic E-state index is 12.1. The van der Waals surface area contributed by atoms with Crippen LogP contribution >= 0.6 is 11.8 Å². The van der Waals surface area contributed by atoms with Crippen LogP contribution in [0.5, 0.6) is 0 Å². The Hall–Kier alpha value is -2.01. The summed E-state index contributed by atoms with van der Waals surface area (Å²) in [6, 6.07) is 13.3. The molecular formula is C15H17N3OS. The average Bonchev–Trinajstić information content (AvgIpc) is 2.49. The molecule has 1 heterocycles. The van der Waals surface area contributed by atoms with Crippen molar-refractivity contribution < 1.29 is 4.79 Å². The Morgan fingerprint density at radius 3 is 2.60 bits per heavy atom. The van der Waals surface area contributed by atoms with E-state index < -0.39 is 0 Å². The van der Waals surface area contributed by atoms with Crippen molar-refractivity contribution in [3.8, 4) is 0 Å². The number of thioether (sulfide) groups is 1. The first-order chi connectivity index (χ1) is 9.69. The predicted octanol–water partition coefficient (Wildman–Crippen LogP) is 3.47. The summed E-state index contributed by atoms with van der Waals surface area (Å²) in [5.41, 5.74) is 1.66. The molecule has 4 nitrogen and oxygen atoms in total. The number of nitrogens with one attached hydrogen (secondary N) is 1. The van der Waals surface area contributed by atoms with Crippen LogP contribution in [0.2, 0.25) is 0 Å². The Kier molecular flexibility index (Phi) is 5.01. The smallest absolute Gasteiger partial charge is 0.321 e. The van der Waals surface area contributed by atoms with Crippen LogP contribution < -0.4 is 5.32 Å². The van der Waals surface area contributed by atoms with Gasteiger partial charge in [-0.15, -0.1) is 11.8 Å². The average molecular weight is 287 g/mol. The number of hydrogen-bond donors (Lipinski definition) is 1. The fraction of sp³-hybridized carbons (Fsp3) is 0.200. The number of carbonyl (C=O) groups excluding carboxylic acids is 1. The Labute approximate surface area is 123 Å². The molecule has 0 aliphatic heterocycles. The normalized spacial score (nSPS) is 10.1. The van der Waals surface area contributed by atoms with Gasteiger partial charge in [-0.1, -0.05) is 6.07 Å². The molecule has 0 radical (unpaired) electrons. The topological polar surface area (TPSA) is 45.2 Å². The first-order valence-electron chi connectivity index (χ1n) is 6.25. The highest BCUT2D eigenvalue weighted by atomic mass is 32.2. The van der Waals surface area contributed by atoms with Crippen LogP contribution in [0.3, 0.4) is 0 Å². The molecule has 0 unspecified atom stereocenters. The van der Waals surface area contributed by atoms with E-state index in [2.05, 4.69) is 10.3 Å². The molecule has 104 valence electrons. The zero-order chi connectivity index (χ0) is 14.4. The molecule has 2 rings (SSSR count). The van der Waals surface area contributed by atoms with Gasteiger partial charge in [0.2, 0.25) is 0 Å². The number of amides is 2. The summed E-state index contributed by atoms with van der Waals surface area (Å²) >= 11 is 1.67. The van der Waals surface area contributed by atoms with Crippen molar-refractivity contribution in [3.05, 3.63) is 54.4 Å². The predicted molar refractivity (Wildman–Crippen MR) is 82.9 cm³/mol. The Morgan fingerprint density at radius 1 is 1.25 bits per heavy atom. The molecule has 0 atom stereocenters. The Bertz CT molecular complexity index is 557. The van der Waals surface area contributed by atoms with E-state index in [0.717, 1.165) is 11.4 Å². The number of nitrogens with zero attached hydrogens (tertiary/aromatic N) is 2. The fourth-order valence-corrected chi connectivity index (χ4v) is 2.11. The molecule has 0 spiro atoms. The quantitative estimate of drug-likeness (QED) is 0.876. The summed E-state index contributed by atoms with van der Waals surface area (Å²) in [5, 5.41) is 2.86. The van der Waals surface area contributed by atoms with Gasteiger partial charge in [-0.2, -0.15) is 0 Å². The van der Waals surface area contributed by atoms with Gasteiger partial charge < -0.3 is 10.2 Å². The minimum atomic E-state index is -0.146. The summed E-state index contributed by atoms with van der Waals surface area (Å²) in [6.07, 6.45) is 3.75. The number of hydrogen-bond acceptors (Lipinski definition) is 3. The van der Waals surface area contributed by atoms with Gasteiger partial charge in [0.05, 0.1) is 12.2 Å². The third-order valence-electron chi connectivity index (χ3n) is 2.81. The van der Waals surface area contributed by atoms with Crippen LogP contribution in [-0.4, -0.2) is 29.2 Å². The molecule has 0 bridgehead atoms. The molecule has 5 heteroatoms. The van der Waals surface area contributed by atoms with Crippen molar-refractivity contribution in [2.24, 2.45) is 0 Å². The molecule has 20 heavy (non-hydrogen) atoms. The van der Waals surface area contributed by atoms with Crippen LogP contribution in [0, 0.1) is 0 Å². The lowest BCUT2D eigenvalue weighted by Gasteiger charge is -2.17. The highest BCUT2D eigenvalue weighted by Crippen LogP contribution is 2.17. The standard InChI is InChI=1S/C15H17N3OS/c1-18(11-13-5-3-4-10-16-13)15(19)17-12-6-8-14(20-2)9-7-12/h3-10H,11H2,1-2H3,(H,17,19). The number of pyridine rings is 1. The summed E-state index contributed by atoms with van der Waals surface area (Å²) in [7, 11) is 1.75. The number of urea groups is 1. The highest BCUT2D eigenvalue weighted by Gasteiger charge is 2.09. The molecule has 0 saturated carbocycles. The van der Waals surface area contributed by atoms with Gasteiger partial charge in [0.15, 0.2) is 0 Å². The van der Waals surface area contributed by atoms with Crippen molar-refractivity contribution >= 4 is 23.5 Å². The van der Waals surface area contributed by atoms with E-state index in [9.17, 15) is 4.79 Å². The van der Waals surface area contributed by atoms with E-state index in [1.54, 1.807) is 29.9 Å². The van der Waals surface area contributed by atoms with Crippen molar-refractivity contribution in [2.45, 2.75) is 11.4 Å². The summed E-state index contributed by atoms with van der Waals surface area (Å²) in [6.45, 7) is 0.482. The molecule has 2 aromatic rings. The van der Waals surface area contributed by atoms with E-state index in [-0.39, 0.29) is 6.03 Å². The second-order valence-corrected chi connectivity index (χ2v) is 5.22. The lowest BCUT2D eigenvalue weighted by atomic mass is 10.3. The van der Waals surface area contributed by atoms with E-state index in [0.29, 0.717) is 6.54 Å². The molecular weight excluding hydrogens is 270 g/mol. The molecule has 1 aromatic heterocycles. The third-order valence-corrected chi connectivity index (χ3v) is 3.56. The van der Waals surface area contributed by atoms with Gasteiger partial charge in [0.1, 0.15) is 0 Å². The van der Waals surface area contributed by atoms with E-state index >= 15 is 0 Å².